The molecule has 0 aliphatic carbocycles. The predicted molar refractivity (Wildman–Crippen MR) is 112 cm³/mol. The van der Waals surface area contributed by atoms with Gasteiger partial charge < -0.3 is 5.11 Å². The van der Waals surface area contributed by atoms with Crippen LogP contribution in [-0.2, 0) is 0 Å². The molecule has 134 valence electrons. The standard InChI is InChI=1S/C17H10Br2N6OS/c18-10-1-5-12(6-2-10)22-24-14(9-20)16-21-15(26)17(27-16)25-23-13-7-3-11(19)4-8-13/h1-8,22,26H/b24-14-,25-23?. The van der Waals surface area contributed by atoms with Crippen molar-refractivity contribution in [1.82, 2.24) is 4.98 Å². The number of nitrogens with zero attached hydrogens (tertiary/aromatic N) is 5. The molecule has 2 N–H and O–H groups in total. The summed E-state index contributed by atoms with van der Waals surface area (Å²) in [6.07, 6.45) is 0. The normalized spacial score (nSPS) is 11.5. The van der Waals surface area contributed by atoms with Crippen LogP contribution in [0.4, 0.5) is 16.4 Å². The predicted octanol–water partition coefficient (Wildman–Crippen LogP) is 6.13. The van der Waals surface area contributed by atoms with Crippen molar-refractivity contribution in [2.24, 2.45) is 15.3 Å². The number of nitrogens with one attached hydrogen (secondary N) is 1. The molecular formula is C17H10Br2N6OS. The number of hydrogen-bond donors (Lipinski definition) is 2. The molecule has 10 heteroatoms. The average molecular weight is 506 g/mol. The average Bonchev–Trinajstić information content (AvgIpc) is 3.04. The van der Waals surface area contributed by atoms with Gasteiger partial charge in [0.2, 0.25) is 5.00 Å². The van der Waals surface area contributed by atoms with Crippen LogP contribution in [0, 0.1) is 11.3 Å². The van der Waals surface area contributed by atoms with E-state index in [0.29, 0.717) is 11.4 Å². The van der Waals surface area contributed by atoms with Crippen LogP contribution in [0.3, 0.4) is 0 Å². The van der Waals surface area contributed by atoms with Crippen molar-refractivity contribution in [1.29, 1.82) is 5.26 Å². The summed E-state index contributed by atoms with van der Waals surface area (Å²) in [5, 5.41) is 31.8. The zero-order valence-corrected chi connectivity index (χ0v) is 17.5. The highest BCUT2D eigenvalue weighted by Gasteiger charge is 2.15. The Labute approximate surface area is 175 Å². The van der Waals surface area contributed by atoms with Crippen molar-refractivity contribution in [3.63, 3.8) is 0 Å². The fraction of sp³-hybridized carbons (Fsp3) is 0. The van der Waals surface area contributed by atoms with E-state index in [9.17, 15) is 10.4 Å². The van der Waals surface area contributed by atoms with Crippen LogP contribution >= 0.6 is 43.2 Å². The number of thiazole rings is 1. The number of anilines is 1. The number of aromatic nitrogens is 1. The smallest absolute Gasteiger partial charge is 0.251 e. The maximum atomic E-state index is 9.96. The molecule has 0 saturated carbocycles. The van der Waals surface area contributed by atoms with Crippen LogP contribution in [0.5, 0.6) is 5.88 Å². The summed E-state index contributed by atoms with van der Waals surface area (Å²) in [4.78, 5) is 3.95. The summed E-state index contributed by atoms with van der Waals surface area (Å²) >= 11 is 7.71. The monoisotopic (exact) mass is 504 g/mol. The molecule has 0 spiro atoms. The second kappa shape index (κ2) is 8.85. The number of benzene rings is 2. The van der Waals surface area contributed by atoms with E-state index in [4.69, 9.17) is 0 Å². The van der Waals surface area contributed by atoms with Crippen LogP contribution < -0.4 is 5.43 Å². The zero-order chi connectivity index (χ0) is 19.2. The van der Waals surface area contributed by atoms with Crippen LogP contribution in [0.25, 0.3) is 0 Å². The molecule has 3 aromatic rings. The largest absolute Gasteiger partial charge is 0.491 e. The van der Waals surface area contributed by atoms with Gasteiger partial charge in [-0.15, -0.1) is 10.2 Å². The van der Waals surface area contributed by atoms with E-state index in [2.05, 4.69) is 57.6 Å². The Morgan fingerprint density at radius 2 is 1.67 bits per heavy atom. The van der Waals surface area contributed by atoms with Crippen molar-refractivity contribution < 1.29 is 5.11 Å². The minimum atomic E-state index is -0.303. The Hall–Kier alpha value is -2.61. The SMILES string of the molecule is N#C/C(=N/Nc1ccc(Br)cc1)c1nc(O)c(N=Nc2ccc(Br)cc2)s1. The summed E-state index contributed by atoms with van der Waals surface area (Å²) in [5.74, 6) is -0.303. The zero-order valence-electron chi connectivity index (χ0n) is 13.5. The van der Waals surface area contributed by atoms with Gasteiger partial charge >= 0.3 is 0 Å². The van der Waals surface area contributed by atoms with Gasteiger partial charge in [0.15, 0.2) is 10.7 Å². The van der Waals surface area contributed by atoms with Gasteiger partial charge in [0, 0.05) is 8.95 Å². The molecule has 0 fully saturated rings. The Morgan fingerprint density at radius 1 is 1.04 bits per heavy atom. The quantitative estimate of drug-likeness (QED) is 0.247. The fourth-order valence-corrected chi connectivity index (χ4v) is 3.10. The summed E-state index contributed by atoms with van der Waals surface area (Å²) in [6.45, 7) is 0. The molecule has 1 aromatic heterocycles. The lowest BCUT2D eigenvalue weighted by molar-refractivity contribution is 0.458. The second-order valence-electron chi connectivity index (χ2n) is 5.02. The lowest BCUT2D eigenvalue weighted by atomic mass is 10.3. The molecule has 0 saturated heterocycles. The molecule has 0 atom stereocenters. The van der Waals surface area contributed by atoms with Crippen molar-refractivity contribution in [2.75, 3.05) is 5.43 Å². The number of halogens is 2. The third kappa shape index (κ3) is 5.19. The summed E-state index contributed by atoms with van der Waals surface area (Å²) in [5.41, 5.74) is 4.15. The molecule has 7 nitrogen and oxygen atoms in total. The molecule has 0 unspecified atom stereocenters. The van der Waals surface area contributed by atoms with Gasteiger partial charge in [0.1, 0.15) is 6.07 Å². The minimum Gasteiger partial charge on any atom is -0.491 e. The molecular weight excluding hydrogens is 496 g/mol. The van der Waals surface area contributed by atoms with Gasteiger partial charge in [0.25, 0.3) is 5.88 Å². The van der Waals surface area contributed by atoms with E-state index in [-0.39, 0.29) is 21.6 Å². The summed E-state index contributed by atoms with van der Waals surface area (Å²) in [6, 6.07) is 16.5. The molecule has 27 heavy (non-hydrogen) atoms. The molecule has 1 heterocycles. The highest BCUT2D eigenvalue weighted by molar-refractivity contribution is 9.10. The lowest BCUT2D eigenvalue weighted by Crippen LogP contribution is -2.01. The molecule has 2 aromatic carbocycles. The van der Waals surface area contributed by atoms with Crippen LogP contribution in [0.1, 0.15) is 5.01 Å². The van der Waals surface area contributed by atoms with E-state index in [0.717, 1.165) is 20.3 Å². The van der Waals surface area contributed by atoms with Gasteiger partial charge in [-0.3, -0.25) is 5.43 Å². The summed E-state index contributed by atoms with van der Waals surface area (Å²) < 4.78 is 1.86. The lowest BCUT2D eigenvalue weighted by Gasteiger charge is -2.00. The first-order chi connectivity index (χ1) is 13.0. The number of hydrogen-bond acceptors (Lipinski definition) is 8. The van der Waals surface area contributed by atoms with Crippen LogP contribution in [0.2, 0.25) is 0 Å². The molecule has 0 bridgehead atoms. The Morgan fingerprint density at radius 3 is 2.30 bits per heavy atom. The molecule has 0 aliphatic rings. The van der Waals surface area contributed by atoms with E-state index < -0.39 is 0 Å². The van der Waals surface area contributed by atoms with Gasteiger partial charge in [-0.1, -0.05) is 43.2 Å². The van der Waals surface area contributed by atoms with Gasteiger partial charge in [0.05, 0.1) is 11.4 Å². The van der Waals surface area contributed by atoms with Crippen LogP contribution in [-0.4, -0.2) is 15.8 Å². The van der Waals surface area contributed by atoms with Crippen molar-refractivity contribution in [3.8, 4) is 11.9 Å². The van der Waals surface area contributed by atoms with E-state index in [1.165, 1.54) is 0 Å². The van der Waals surface area contributed by atoms with Gasteiger partial charge in [-0.25, -0.2) is 0 Å². The fourth-order valence-electron chi connectivity index (χ4n) is 1.85. The maximum absolute atomic E-state index is 9.96. The van der Waals surface area contributed by atoms with E-state index in [1.54, 1.807) is 24.3 Å². The van der Waals surface area contributed by atoms with Crippen molar-refractivity contribution in [3.05, 3.63) is 62.5 Å². The topological polar surface area (TPSA) is 106 Å². The Kier molecular flexibility index (Phi) is 6.28. The van der Waals surface area contributed by atoms with Gasteiger partial charge in [-0.2, -0.15) is 15.3 Å². The number of hydrazone groups is 1. The van der Waals surface area contributed by atoms with E-state index in [1.807, 2.05) is 30.3 Å². The second-order valence-corrected chi connectivity index (χ2v) is 7.82. The first-order valence-electron chi connectivity index (χ1n) is 7.42. The van der Waals surface area contributed by atoms with Crippen molar-refractivity contribution >= 4 is 65.3 Å². The minimum absolute atomic E-state index is 0.0308. The summed E-state index contributed by atoms with van der Waals surface area (Å²) in [7, 11) is 0. The maximum Gasteiger partial charge on any atom is 0.251 e. The molecule has 0 aliphatic heterocycles. The Balaban J connectivity index is 1.78. The number of azo groups is 1. The third-order valence-electron chi connectivity index (χ3n) is 3.12. The first-order valence-corrected chi connectivity index (χ1v) is 9.82. The highest BCUT2D eigenvalue weighted by atomic mass is 79.9. The number of nitriles is 1. The van der Waals surface area contributed by atoms with Gasteiger partial charge in [-0.05, 0) is 48.5 Å². The molecule has 3 rings (SSSR count). The van der Waals surface area contributed by atoms with Crippen molar-refractivity contribution in [2.45, 2.75) is 0 Å². The third-order valence-corrected chi connectivity index (χ3v) is 5.12. The number of aromatic hydroxyl groups is 1. The van der Waals surface area contributed by atoms with Crippen LogP contribution in [0.15, 0.2) is 72.8 Å². The molecule has 0 radical (unpaired) electrons. The highest BCUT2D eigenvalue weighted by Crippen LogP contribution is 2.34. The molecule has 0 amide bonds. The first kappa shape index (κ1) is 19.2. The Bertz CT molecular complexity index is 1040. The number of rotatable bonds is 5. The van der Waals surface area contributed by atoms with E-state index >= 15 is 0 Å².